The summed E-state index contributed by atoms with van der Waals surface area (Å²) in [5.74, 6) is -0.645. The maximum absolute atomic E-state index is 11.8. The summed E-state index contributed by atoms with van der Waals surface area (Å²) in [5, 5.41) is 27.9. The zero-order chi connectivity index (χ0) is 14.0. The molecule has 0 atom stereocenters. The Morgan fingerprint density at radius 1 is 1.32 bits per heavy atom. The number of hydrogen-bond donors (Lipinski definition) is 4. The molecular formula is C12H14N4O3. The Hall–Kier alpha value is -2.57. The van der Waals surface area contributed by atoms with Crippen LogP contribution in [-0.4, -0.2) is 31.3 Å². The van der Waals surface area contributed by atoms with Gasteiger partial charge in [-0.25, -0.2) is 4.98 Å². The van der Waals surface area contributed by atoms with E-state index in [1.54, 1.807) is 0 Å². The van der Waals surface area contributed by atoms with Crippen molar-refractivity contribution in [1.82, 2.24) is 15.2 Å². The summed E-state index contributed by atoms with van der Waals surface area (Å²) >= 11 is 0. The lowest BCUT2D eigenvalue weighted by Crippen LogP contribution is -2.14. The number of nitrogens with one attached hydrogen (secondary N) is 2. The largest absolute Gasteiger partial charge is 0.508 e. The minimum Gasteiger partial charge on any atom is -0.508 e. The molecule has 0 radical (unpaired) electrons. The van der Waals surface area contributed by atoms with Crippen molar-refractivity contribution in [2.45, 2.75) is 19.8 Å². The number of carbonyl (C=O) groups is 1. The molecule has 2 rings (SSSR count). The van der Waals surface area contributed by atoms with Crippen LogP contribution in [0.5, 0.6) is 11.5 Å². The SMILES string of the molecule is CC(C)c1cc(NC(=O)c2ncn[nH]2)c(O)cc1O. The van der Waals surface area contributed by atoms with Gasteiger partial charge >= 0.3 is 0 Å². The number of rotatable bonds is 3. The fourth-order valence-corrected chi connectivity index (χ4v) is 1.65. The van der Waals surface area contributed by atoms with Crippen LogP contribution in [0, 0.1) is 0 Å². The Balaban J connectivity index is 2.30. The quantitative estimate of drug-likeness (QED) is 0.496. The molecule has 0 saturated carbocycles. The molecule has 4 N–H and O–H groups in total. The summed E-state index contributed by atoms with van der Waals surface area (Å²) in [4.78, 5) is 15.5. The van der Waals surface area contributed by atoms with Crippen molar-refractivity contribution in [1.29, 1.82) is 0 Å². The standard InChI is InChI=1S/C12H14N4O3/c1-6(2)7-3-8(10(18)4-9(7)17)15-12(19)11-13-5-14-16-11/h3-6,17-18H,1-2H3,(H,15,19)(H,13,14,16). The lowest BCUT2D eigenvalue weighted by Gasteiger charge is -2.12. The topological polar surface area (TPSA) is 111 Å². The molecule has 0 aliphatic heterocycles. The van der Waals surface area contributed by atoms with Gasteiger partial charge in [0.2, 0.25) is 5.82 Å². The Labute approximate surface area is 109 Å². The first-order valence-corrected chi connectivity index (χ1v) is 5.71. The van der Waals surface area contributed by atoms with E-state index in [9.17, 15) is 15.0 Å². The molecule has 7 nitrogen and oxygen atoms in total. The van der Waals surface area contributed by atoms with Crippen molar-refractivity contribution in [3.8, 4) is 11.5 Å². The summed E-state index contributed by atoms with van der Waals surface area (Å²) in [6, 6.07) is 2.73. The van der Waals surface area contributed by atoms with E-state index in [0.717, 1.165) is 0 Å². The van der Waals surface area contributed by atoms with Crippen molar-refractivity contribution in [2.24, 2.45) is 0 Å². The number of aromatic amines is 1. The minimum atomic E-state index is -0.520. The van der Waals surface area contributed by atoms with E-state index in [4.69, 9.17) is 0 Å². The van der Waals surface area contributed by atoms with Crippen molar-refractivity contribution in [2.75, 3.05) is 5.32 Å². The highest BCUT2D eigenvalue weighted by molar-refractivity contribution is 6.02. The lowest BCUT2D eigenvalue weighted by atomic mass is 10.0. The van der Waals surface area contributed by atoms with Gasteiger partial charge in [0.05, 0.1) is 5.69 Å². The third-order valence-electron chi connectivity index (χ3n) is 2.65. The van der Waals surface area contributed by atoms with Crippen LogP contribution in [0.25, 0.3) is 0 Å². The summed E-state index contributed by atoms with van der Waals surface area (Å²) in [6.45, 7) is 3.79. The normalized spacial score (nSPS) is 10.7. The van der Waals surface area contributed by atoms with Gasteiger partial charge in [0.25, 0.3) is 5.91 Å². The highest BCUT2D eigenvalue weighted by Gasteiger charge is 2.15. The molecule has 100 valence electrons. The molecule has 19 heavy (non-hydrogen) atoms. The van der Waals surface area contributed by atoms with E-state index in [1.165, 1.54) is 18.5 Å². The number of H-pyrrole nitrogens is 1. The van der Waals surface area contributed by atoms with Gasteiger partial charge in [0, 0.05) is 6.07 Å². The zero-order valence-corrected chi connectivity index (χ0v) is 10.5. The van der Waals surface area contributed by atoms with Gasteiger partial charge in [-0.1, -0.05) is 13.8 Å². The number of anilines is 1. The summed E-state index contributed by atoms with van der Waals surface area (Å²) in [7, 11) is 0. The number of phenols is 2. The minimum absolute atomic E-state index is 0.00911. The van der Waals surface area contributed by atoms with Gasteiger partial charge in [-0.05, 0) is 17.5 Å². The first-order chi connectivity index (χ1) is 8.99. The van der Waals surface area contributed by atoms with Crippen LogP contribution in [0.3, 0.4) is 0 Å². The van der Waals surface area contributed by atoms with Crippen molar-refractivity contribution in [3.05, 3.63) is 29.8 Å². The molecule has 1 amide bonds. The summed E-state index contributed by atoms with van der Waals surface area (Å²) in [5.41, 5.74) is 0.841. The Morgan fingerprint density at radius 2 is 2.05 bits per heavy atom. The van der Waals surface area contributed by atoms with E-state index < -0.39 is 5.91 Å². The molecule has 2 aromatic rings. The van der Waals surface area contributed by atoms with Gasteiger partial charge in [-0.3, -0.25) is 9.89 Å². The van der Waals surface area contributed by atoms with Gasteiger partial charge in [0.15, 0.2) is 0 Å². The molecule has 1 heterocycles. The third kappa shape index (κ3) is 2.65. The predicted molar refractivity (Wildman–Crippen MR) is 68.2 cm³/mol. The van der Waals surface area contributed by atoms with Crippen molar-refractivity contribution >= 4 is 11.6 Å². The average Bonchev–Trinajstić information content (AvgIpc) is 2.85. The average molecular weight is 262 g/mol. The number of phenolic OH excluding ortho intramolecular Hbond substituents is 2. The first kappa shape index (κ1) is 12.9. The molecule has 0 fully saturated rings. The van der Waals surface area contributed by atoms with E-state index in [-0.39, 0.29) is 28.9 Å². The highest BCUT2D eigenvalue weighted by atomic mass is 16.3. The van der Waals surface area contributed by atoms with Crippen LogP contribution < -0.4 is 5.32 Å². The van der Waals surface area contributed by atoms with Crippen LogP contribution in [0.15, 0.2) is 18.5 Å². The molecule has 0 saturated heterocycles. The Morgan fingerprint density at radius 3 is 2.63 bits per heavy atom. The van der Waals surface area contributed by atoms with Crippen molar-refractivity contribution in [3.63, 3.8) is 0 Å². The third-order valence-corrected chi connectivity index (χ3v) is 2.65. The number of aromatic hydroxyl groups is 2. The molecule has 0 unspecified atom stereocenters. The van der Waals surface area contributed by atoms with Gasteiger partial charge in [-0.2, -0.15) is 5.10 Å². The highest BCUT2D eigenvalue weighted by Crippen LogP contribution is 2.35. The van der Waals surface area contributed by atoms with Gasteiger partial charge < -0.3 is 15.5 Å². The second-order valence-corrected chi connectivity index (χ2v) is 4.37. The Bertz CT molecular complexity index is 593. The number of carbonyl (C=O) groups excluding carboxylic acids is 1. The van der Waals surface area contributed by atoms with Crippen molar-refractivity contribution < 1.29 is 15.0 Å². The molecule has 0 aliphatic carbocycles. The first-order valence-electron chi connectivity index (χ1n) is 5.71. The van der Waals surface area contributed by atoms with Gasteiger partial charge in [0.1, 0.15) is 17.8 Å². The second kappa shape index (κ2) is 4.97. The summed E-state index contributed by atoms with van der Waals surface area (Å²) in [6.07, 6.45) is 1.21. The van der Waals surface area contributed by atoms with Crippen LogP contribution >= 0.6 is 0 Å². The smallest absolute Gasteiger partial charge is 0.293 e. The van der Waals surface area contributed by atoms with E-state index in [0.29, 0.717) is 5.56 Å². The molecule has 0 aliphatic rings. The fraction of sp³-hybridized carbons (Fsp3) is 0.250. The number of amides is 1. The van der Waals surface area contributed by atoms with E-state index >= 15 is 0 Å². The lowest BCUT2D eigenvalue weighted by molar-refractivity contribution is 0.101. The monoisotopic (exact) mass is 262 g/mol. The molecule has 7 heteroatoms. The molecular weight excluding hydrogens is 248 g/mol. The summed E-state index contributed by atoms with van der Waals surface area (Å²) < 4.78 is 0. The molecule has 0 spiro atoms. The van der Waals surface area contributed by atoms with E-state index in [1.807, 2.05) is 13.8 Å². The van der Waals surface area contributed by atoms with Crippen LogP contribution in [-0.2, 0) is 0 Å². The maximum Gasteiger partial charge on any atom is 0.293 e. The maximum atomic E-state index is 11.8. The van der Waals surface area contributed by atoms with Gasteiger partial charge in [-0.15, -0.1) is 0 Å². The number of nitrogens with zero attached hydrogens (tertiary/aromatic N) is 2. The second-order valence-electron chi connectivity index (χ2n) is 4.37. The van der Waals surface area contributed by atoms with Crippen LogP contribution in [0.2, 0.25) is 0 Å². The zero-order valence-electron chi connectivity index (χ0n) is 10.5. The number of benzene rings is 1. The van der Waals surface area contributed by atoms with Crippen LogP contribution in [0.1, 0.15) is 35.9 Å². The predicted octanol–water partition coefficient (Wildman–Crippen LogP) is 1.59. The molecule has 0 bridgehead atoms. The van der Waals surface area contributed by atoms with E-state index in [2.05, 4.69) is 20.5 Å². The molecule has 1 aromatic carbocycles. The number of aromatic nitrogens is 3. The fourth-order valence-electron chi connectivity index (χ4n) is 1.65. The van der Waals surface area contributed by atoms with Crippen LogP contribution in [0.4, 0.5) is 5.69 Å². The Kier molecular flexibility index (Phi) is 3.37. The number of hydrogen-bond acceptors (Lipinski definition) is 5. The molecule has 1 aromatic heterocycles.